The Morgan fingerprint density at radius 2 is 2.11 bits per heavy atom. The van der Waals surface area contributed by atoms with Crippen LogP contribution in [0.4, 0.5) is 0 Å². The molecule has 0 radical (unpaired) electrons. The van der Waals surface area contributed by atoms with Gasteiger partial charge < -0.3 is 14.5 Å². The van der Waals surface area contributed by atoms with E-state index in [9.17, 15) is 0 Å². The Hall–Kier alpha value is -1.16. The summed E-state index contributed by atoms with van der Waals surface area (Å²) in [5.74, 6) is 0.567. The lowest BCUT2D eigenvalue weighted by Crippen LogP contribution is -2.21. The predicted molar refractivity (Wildman–Crippen MR) is 77.2 cm³/mol. The molecule has 1 atom stereocenters. The van der Waals surface area contributed by atoms with Gasteiger partial charge in [0.1, 0.15) is 5.75 Å². The van der Waals surface area contributed by atoms with Crippen LogP contribution in [-0.2, 0) is 0 Å². The summed E-state index contributed by atoms with van der Waals surface area (Å²) in [6.07, 6.45) is 3.33. The molecule has 3 nitrogen and oxygen atoms in total. The summed E-state index contributed by atoms with van der Waals surface area (Å²) in [7, 11) is 1.56. The van der Waals surface area contributed by atoms with Gasteiger partial charge in [0.25, 0.3) is 0 Å². The Morgan fingerprint density at radius 3 is 2.68 bits per heavy atom. The zero-order valence-corrected chi connectivity index (χ0v) is 12.3. The highest BCUT2D eigenvalue weighted by Crippen LogP contribution is 2.36. The Balaban J connectivity index is 2.45. The van der Waals surface area contributed by atoms with Crippen LogP contribution in [0.25, 0.3) is 0 Å². The number of methoxy groups -OCH3 is 1. The topological polar surface area (TPSA) is 34.4 Å². The minimum absolute atomic E-state index is 0.0559. The van der Waals surface area contributed by atoms with Crippen molar-refractivity contribution in [2.45, 2.75) is 13.0 Å². The fourth-order valence-electron chi connectivity index (χ4n) is 1.97. The van der Waals surface area contributed by atoms with E-state index in [1.54, 1.807) is 25.7 Å². The van der Waals surface area contributed by atoms with Gasteiger partial charge in [0.15, 0.2) is 0 Å². The number of benzene rings is 1. The smallest absolute Gasteiger partial charge is 0.138 e. The van der Waals surface area contributed by atoms with Crippen molar-refractivity contribution in [3.63, 3.8) is 0 Å². The van der Waals surface area contributed by atoms with Gasteiger partial charge in [0.2, 0.25) is 0 Å². The number of nitrogens with one attached hydrogen (secondary N) is 1. The number of hydrogen-bond acceptors (Lipinski definition) is 3. The first-order valence-electron chi connectivity index (χ1n) is 5.95. The number of furan rings is 1. The quantitative estimate of drug-likeness (QED) is 0.894. The molecule has 102 valence electrons. The molecule has 1 aromatic carbocycles. The van der Waals surface area contributed by atoms with Crippen molar-refractivity contribution >= 4 is 23.2 Å². The van der Waals surface area contributed by atoms with Crippen molar-refractivity contribution in [1.82, 2.24) is 5.32 Å². The van der Waals surface area contributed by atoms with Gasteiger partial charge in [-0.25, -0.2) is 0 Å². The van der Waals surface area contributed by atoms with Gasteiger partial charge in [0, 0.05) is 16.7 Å². The third kappa shape index (κ3) is 3.06. The molecule has 0 saturated carbocycles. The third-order valence-electron chi connectivity index (χ3n) is 2.87. The summed E-state index contributed by atoms with van der Waals surface area (Å²) < 4.78 is 10.3. The Bertz CT molecular complexity index is 541. The van der Waals surface area contributed by atoms with Crippen LogP contribution in [0.5, 0.6) is 5.75 Å². The lowest BCUT2D eigenvalue weighted by molar-refractivity contribution is 0.414. The molecule has 1 unspecified atom stereocenters. The van der Waals surface area contributed by atoms with Crippen LogP contribution in [0.1, 0.15) is 24.1 Å². The van der Waals surface area contributed by atoms with Crippen molar-refractivity contribution < 1.29 is 9.15 Å². The fourth-order valence-corrected chi connectivity index (χ4v) is 2.48. The van der Waals surface area contributed by atoms with E-state index in [1.165, 1.54) is 0 Å². The van der Waals surface area contributed by atoms with E-state index < -0.39 is 0 Å². The zero-order valence-electron chi connectivity index (χ0n) is 10.7. The number of ether oxygens (including phenoxy) is 1. The average molecular weight is 300 g/mol. The molecule has 0 spiro atoms. The minimum Gasteiger partial charge on any atom is -0.495 e. The monoisotopic (exact) mass is 299 g/mol. The predicted octanol–water partition coefficient (Wildman–Crippen LogP) is 4.29. The van der Waals surface area contributed by atoms with Crippen molar-refractivity contribution in [3.05, 3.63) is 51.9 Å². The Morgan fingerprint density at radius 1 is 1.32 bits per heavy atom. The summed E-state index contributed by atoms with van der Waals surface area (Å²) in [6, 6.07) is 5.40. The van der Waals surface area contributed by atoms with E-state index in [0.29, 0.717) is 15.8 Å². The van der Waals surface area contributed by atoms with Crippen LogP contribution < -0.4 is 10.1 Å². The minimum atomic E-state index is -0.0559. The van der Waals surface area contributed by atoms with Crippen LogP contribution in [0.3, 0.4) is 0 Å². The molecule has 19 heavy (non-hydrogen) atoms. The van der Waals surface area contributed by atoms with Gasteiger partial charge in [-0.05, 0) is 24.2 Å². The van der Waals surface area contributed by atoms with Gasteiger partial charge >= 0.3 is 0 Å². The first-order valence-corrected chi connectivity index (χ1v) is 6.71. The second-order valence-electron chi connectivity index (χ2n) is 4.06. The third-order valence-corrected chi connectivity index (χ3v) is 3.49. The molecule has 1 N–H and O–H groups in total. The van der Waals surface area contributed by atoms with E-state index >= 15 is 0 Å². The van der Waals surface area contributed by atoms with Crippen molar-refractivity contribution in [2.24, 2.45) is 0 Å². The summed E-state index contributed by atoms with van der Waals surface area (Å²) in [4.78, 5) is 0. The highest BCUT2D eigenvalue weighted by molar-refractivity contribution is 6.34. The SMILES string of the molecule is CCNC(c1ccoc1)c1cc(Cl)c(OC)cc1Cl. The van der Waals surface area contributed by atoms with E-state index in [4.69, 9.17) is 32.4 Å². The summed E-state index contributed by atoms with van der Waals surface area (Å²) in [5, 5.41) is 4.50. The largest absolute Gasteiger partial charge is 0.495 e. The Labute approximate surface area is 122 Å². The molecule has 0 fully saturated rings. The van der Waals surface area contributed by atoms with E-state index in [-0.39, 0.29) is 6.04 Å². The highest BCUT2D eigenvalue weighted by Gasteiger charge is 2.19. The van der Waals surface area contributed by atoms with Crippen LogP contribution in [0, 0.1) is 0 Å². The number of rotatable bonds is 5. The lowest BCUT2D eigenvalue weighted by Gasteiger charge is -2.19. The summed E-state index contributed by atoms with van der Waals surface area (Å²) in [6.45, 7) is 2.84. The van der Waals surface area contributed by atoms with Crippen LogP contribution >= 0.6 is 23.2 Å². The van der Waals surface area contributed by atoms with Crippen LogP contribution in [-0.4, -0.2) is 13.7 Å². The lowest BCUT2D eigenvalue weighted by atomic mass is 10.0. The van der Waals surface area contributed by atoms with Crippen molar-refractivity contribution in [3.8, 4) is 5.75 Å². The second kappa shape index (κ2) is 6.33. The van der Waals surface area contributed by atoms with Gasteiger partial charge in [-0.1, -0.05) is 30.1 Å². The maximum atomic E-state index is 6.32. The maximum Gasteiger partial charge on any atom is 0.138 e. The van der Waals surface area contributed by atoms with Gasteiger partial charge in [-0.15, -0.1) is 0 Å². The van der Waals surface area contributed by atoms with Crippen LogP contribution in [0.15, 0.2) is 35.1 Å². The molecule has 0 saturated heterocycles. The van der Waals surface area contributed by atoms with Gasteiger partial charge in [-0.2, -0.15) is 0 Å². The molecule has 0 aliphatic rings. The molecular weight excluding hydrogens is 285 g/mol. The Kier molecular flexibility index (Phi) is 4.75. The molecule has 0 aliphatic carbocycles. The fraction of sp³-hybridized carbons (Fsp3) is 0.286. The molecular formula is C14H15Cl2NO2. The maximum absolute atomic E-state index is 6.32. The first-order chi connectivity index (χ1) is 9.17. The zero-order chi connectivity index (χ0) is 13.8. The standard InChI is InChI=1S/C14H15Cl2NO2/c1-3-17-14(9-4-5-19-8-9)10-6-12(16)13(18-2)7-11(10)15/h4-8,14,17H,3H2,1-2H3. The van der Waals surface area contributed by atoms with E-state index in [2.05, 4.69) is 5.32 Å². The summed E-state index contributed by atoms with van der Waals surface area (Å²) >= 11 is 12.5. The number of hydrogen-bond donors (Lipinski definition) is 1. The molecule has 1 heterocycles. The second-order valence-corrected chi connectivity index (χ2v) is 4.87. The van der Waals surface area contributed by atoms with Crippen molar-refractivity contribution in [1.29, 1.82) is 0 Å². The molecule has 0 aliphatic heterocycles. The number of halogens is 2. The van der Waals surface area contributed by atoms with Crippen molar-refractivity contribution in [2.75, 3.05) is 13.7 Å². The van der Waals surface area contributed by atoms with E-state index in [0.717, 1.165) is 17.7 Å². The molecule has 2 rings (SSSR count). The van der Waals surface area contributed by atoms with Gasteiger partial charge in [0.05, 0.1) is 30.7 Å². The summed E-state index contributed by atoms with van der Waals surface area (Å²) in [5.41, 5.74) is 1.90. The molecule has 5 heteroatoms. The van der Waals surface area contributed by atoms with Crippen LogP contribution in [0.2, 0.25) is 10.0 Å². The average Bonchev–Trinajstić information content (AvgIpc) is 2.92. The van der Waals surface area contributed by atoms with Gasteiger partial charge in [-0.3, -0.25) is 0 Å². The highest BCUT2D eigenvalue weighted by atomic mass is 35.5. The van der Waals surface area contributed by atoms with E-state index in [1.807, 2.05) is 19.1 Å². The molecule has 1 aromatic heterocycles. The molecule has 2 aromatic rings. The normalized spacial score (nSPS) is 12.4. The molecule has 0 amide bonds. The first kappa shape index (κ1) is 14.3. The molecule has 0 bridgehead atoms.